The van der Waals surface area contributed by atoms with Crippen molar-refractivity contribution in [3.05, 3.63) is 71.4 Å². The Kier molecular flexibility index (Phi) is 3.32. The van der Waals surface area contributed by atoms with Crippen LogP contribution in [0, 0.1) is 0 Å². The smallest absolute Gasteiger partial charge is 0.161 e. The van der Waals surface area contributed by atoms with Crippen LogP contribution in [0.15, 0.2) is 60.3 Å². The van der Waals surface area contributed by atoms with Crippen molar-refractivity contribution in [3.63, 3.8) is 0 Å². The highest BCUT2D eigenvalue weighted by Gasteiger charge is 2.35. The monoisotopic (exact) mass is 342 g/mol. The number of rotatable bonds is 1. The van der Waals surface area contributed by atoms with Crippen molar-refractivity contribution in [2.75, 3.05) is 5.32 Å². The molecule has 4 heteroatoms. The fourth-order valence-electron chi connectivity index (χ4n) is 4.24. The number of carbonyl (C=O) groups is 1. The van der Waals surface area contributed by atoms with Gasteiger partial charge in [-0.05, 0) is 54.3 Å². The number of aromatic nitrogens is 1. The third-order valence-electron chi connectivity index (χ3n) is 5.34. The first-order valence-electron chi connectivity index (χ1n) is 8.92. The average Bonchev–Trinajstić information content (AvgIpc) is 2.67. The minimum atomic E-state index is -0.230. The first-order valence-corrected chi connectivity index (χ1v) is 8.92. The van der Waals surface area contributed by atoms with Crippen molar-refractivity contribution in [3.8, 4) is 5.75 Å². The third kappa shape index (κ3) is 2.22. The van der Waals surface area contributed by atoms with E-state index < -0.39 is 0 Å². The molecule has 128 valence electrons. The lowest BCUT2D eigenvalue weighted by atomic mass is 9.77. The van der Waals surface area contributed by atoms with Crippen molar-refractivity contribution in [1.29, 1.82) is 0 Å². The molecule has 2 heterocycles. The molecule has 0 radical (unpaired) electrons. The van der Waals surface area contributed by atoms with E-state index in [4.69, 9.17) is 0 Å². The maximum atomic E-state index is 12.9. The number of nitrogens with zero attached hydrogens (tertiary/aromatic N) is 1. The predicted octanol–water partition coefficient (Wildman–Crippen LogP) is 4.61. The van der Waals surface area contributed by atoms with Crippen LogP contribution < -0.4 is 5.32 Å². The van der Waals surface area contributed by atoms with E-state index in [-0.39, 0.29) is 17.6 Å². The molecule has 0 bridgehead atoms. The molecule has 0 saturated carbocycles. The van der Waals surface area contributed by atoms with Crippen LogP contribution in [0.25, 0.3) is 16.5 Å². The van der Waals surface area contributed by atoms with Gasteiger partial charge < -0.3 is 10.4 Å². The van der Waals surface area contributed by atoms with Crippen LogP contribution >= 0.6 is 0 Å². The number of phenolic OH excluding ortho intramolecular Hbond substituents is 1. The van der Waals surface area contributed by atoms with E-state index in [2.05, 4.69) is 16.4 Å². The van der Waals surface area contributed by atoms with Crippen LogP contribution in [-0.4, -0.2) is 15.9 Å². The molecular formula is C22H18N2O2. The molecule has 1 aromatic heterocycles. The number of anilines is 1. The number of hydrogen-bond acceptors (Lipinski definition) is 4. The summed E-state index contributed by atoms with van der Waals surface area (Å²) in [5, 5.41) is 14.5. The summed E-state index contributed by atoms with van der Waals surface area (Å²) in [6.07, 6.45) is 4.13. The van der Waals surface area contributed by atoms with Crippen LogP contribution in [0.3, 0.4) is 0 Å². The number of allylic oxidation sites excluding steroid dienone is 1. The Morgan fingerprint density at radius 1 is 1.08 bits per heavy atom. The molecule has 1 aliphatic carbocycles. The van der Waals surface area contributed by atoms with Gasteiger partial charge in [0.05, 0.1) is 11.6 Å². The van der Waals surface area contributed by atoms with Gasteiger partial charge in [-0.15, -0.1) is 0 Å². The van der Waals surface area contributed by atoms with Gasteiger partial charge in [0, 0.05) is 34.8 Å². The zero-order valence-corrected chi connectivity index (χ0v) is 14.2. The Morgan fingerprint density at radius 3 is 2.88 bits per heavy atom. The number of fused-ring (bicyclic) bond motifs is 4. The Balaban J connectivity index is 1.79. The van der Waals surface area contributed by atoms with E-state index in [1.165, 1.54) is 0 Å². The normalized spacial score (nSPS) is 19.1. The molecule has 1 aliphatic heterocycles. The Bertz CT molecular complexity index is 1080. The van der Waals surface area contributed by atoms with Gasteiger partial charge in [0.25, 0.3) is 0 Å². The lowest BCUT2D eigenvalue weighted by Gasteiger charge is -2.35. The summed E-state index contributed by atoms with van der Waals surface area (Å²) in [6, 6.07) is 15.0. The predicted molar refractivity (Wildman–Crippen MR) is 102 cm³/mol. The molecule has 0 unspecified atom stereocenters. The number of hydrogen-bond donors (Lipinski definition) is 2. The number of ketones is 1. The molecule has 2 aliphatic rings. The second-order valence-corrected chi connectivity index (χ2v) is 6.90. The van der Waals surface area contributed by atoms with E-state index >= 15 is 0 Å². The van der Waals surface area contributed by atoms with Gasteiger partial charge in [-0.2, -0.15) is 0 Å². The second kappa shape index (κ2) is 5.70. The van der Waals surface area contributed by atoms with Gasteiger partial charge >= 0.3 is 0 Å². The SMILES string of the molecule is O=C1CCCC2=C1[C@@H](c1cccc(O)c1)Nc1ccc3ncccc3c12. The van der Waals surface area contributed by atoms with E-state index in [1.54, 1.807) is 18.3 Å². The molecule has 0 fully saturated rings. The summed E-state index contributed by atoms with van der Waals surface area (Å²) in [4.78, 5) is 17.3. The van der Waals surface area contributed by atoms with Crippen molar-refractivity contribution < 1.29 is 9.90 Å². The number of pyridine rings is 1. The average molecular weight is 342 g/mol. The standard InChI is InChI=1S/C22H18N2O2/c25-14-5-1-4-13(12-14)22-21-16(6-2-8-19(21)26)20-15-7-3-11-23-17(15)9-10-18(20)24-22/h1,3-5,7,9-12,22,24-25H,2,6,8H2/t22-/m1/s1. The van der Waals surface area contributed by atoms with Gasteiger partial charge in [-0.25, -0.2) is 0 Å². The van der Waals surface area contributed by atoms with E-state index in [9.17, 15) is 9.90 Å². The van der Waals surface area contributed by atoms with Gasteiger partial charge in [0.1, 0.15) is 5.75 Å². The van der Waals surface area contributed by atoms with E-state index in [0.717, 1.165) is 51.7 Å². The summed E-state index contributed by atoms with van der Waals surface area (Å²) in [5.41, 5.74) is 5.94. The maximum Gasteiger partial charge on any atom is 0.161 e. The summed E-state index contributed by atoms with van der Waals surface area (Å²) < 4.78 is 0. The Morgan fingerprint density at radius 2 is 2.00 bits per heavy atom. The summed E-state index contributed by atoms with van der Waals surface area (Å²) >= 11 is 0. The minimum Gasteiger partial charge on any atom is -0.508 e. The van der Waals surface area contributed by atoms with Gasteiger partial charge in [0.2, 0.25) is 0 Å². The summed E-state index contributed by atoms with van der Waals surface area (Å²) in [6.45, 7) is 0. The fraction of sp³-hybridized carbons (Fsp3) is 0.182. The molecule has 3 aromatic rings. The summed E-state index contributed by atoms with van der Waals surface area (Å²) in [7, 11) is 0. The lowest BCUT2D eigenvalue weighted by Crippen LogP contribution is -2.27. The van der Waals surface area contributed by atoms with Crippen molar-refractivity contribution in [1.82, 2.24) is 4.98 Å². The number of Topliss-reactive ketones (excluding diaryl/α,β-unsaturated/α-hetero) is 1. The highest BCUT2D eigenvalue weighted by molar-refractivity contribution is 6.12. The molecule has 26 heavy (non-hydrogen) atoms. The first kappa shape index (κ1) is 15.1. The highest BCUT2D eigenvalue weighted by Crippen LogP contribution is 2.47. The first-order chi connectivity index (χ1) is 12.7. The molecule has 4 nitrogen and oxygen atoms in total. The van der Waals surface area contributed by atoms with Crippen molar-refractivity contribution in [2.24, 2.45) is 0 Å². The number of benzene rings is 2. The third-order valence-corrected chi connectivity index (χ3v) is 5.34. The Hall–Kier alpha value is -3.14. The number of carbonyl (C=O) groups excluding carboxylic acids is 1. The number of phenols is 1. The number of nitrogens with one attached hydrogen (secondary N) is 1. The largest absolute Gasteiger partial charge is 0.508 e. The second-order valence-electron chi connectivity index (χ2n) is 6.90. The summed E-state index contributed by atoms with van der Waals surface area (Å²) in [5.74, 6) is 0.404. The highest BCUT2D eigenvalue weighted by atomic mass is 16.3. The van der Waals surface area contributed by atoms with E-state index in [1.807, 2.05) is 30.3 Å². The van der Waals surface area contributed by atoms with Crippen LogP contribution in [0.1, 0.15) is 36.4 Å². The van der Waals surface area contributed by atoms with Crippen LogP contribution in [-0.2, 0) is 4.79 Å². The molecule has 5 rings (SSSR count). The van der Waals surface area contributed by atoms with Crippen LogP contribution in [0.5, 0.6) is 5.75 Å². The van der Waals surface area contributed by atoms with Crippen LogP contribution in [0.2, 0.25) is 0 Å². The molecule has 0 amide bonds. The quantitative estimate of drug-likeness (QED) is 0.678. The van der Waals surface area contributed by atoms with Crippen molar-refractivity contribution >= 4 is 27.9 Å². The Labute approximate surface area is 151 Å². The molecule has 2 aromatic carbocycles. The van der Waals surface area contributed by atoms with Crippen molar-refractivity contribution in [2.45, 2.75) is 25.3 Å². The maximum absolute atomic E-state index is 12.9. The molecule has 0 saturated heterocycles. The molecule has 1 atom stereocenters. The van der Waals surface area contributed by atoms with Gasteiger partial charge in [-0.1, -0.05) is 18.2 Å². The van der Waals surface area contributed by atoms with Crippen LogP contribution in [0.4, 0.5) is 5.69 Å². The molecule has 2 N–H and O–H groups in total. The molecule has 0 spiro atoms. The zero-order valence-electron chi connectivity index (χ0n) is 14.2. The van der Waals surface area contributed by atoms with E-state index in [0.29, 0.717) is 6.42 Å². The minimum absolute atomic E-state index is 0.193. The fourth-order valence-corrected chi connectivity index (χ4v) is 4.24. The van der Waals surface area contributed by atoms with Gasteiger partial charge in [0.15, 0.2) is 5.78 Å². The topological polar surface area (TPSA) is 62.2 Å². The van der Waals surface area contributed by atoms with Gasteiger partial charge in [-0.3, -0.25) is 9.78 Å². The lowest BCUT2D eigenvalue weighted by molar-refractivity contribution is -0.116. The zero-order chi connectivity index (χ0) is 17.7. The number of aromatic hydroxyl groups is 1. The molecular weight excluding hydrogens is 324 g/mol.